The van der Waals surface area contributed by atoms with Gasteiger partial charge in [-0.05, 0) is 12.1 Å². The van der Waals surface area contributed by atoms with Crippen molar-refractivity contribution in [3.05, 3.63) is 39.7 Å². The number of nitro groups is 1. The molecule has 108 valence electrons. The zero-order valence-corrected chi connectivity index (χ0v) is 10.5. The Hall–Kier alpha value is -2.06. The minimum absolute atomic E-state index is 0.0386. The van der Waals surface area contributed by atoms with Crippen molar-refractivity contribution in [2.45, 2.75) is 6.10 Å². The lowest BCUT2D eigenvalue weighted by molar-refractivity contribution is -0.387. The predicted octanol–water partition coefficient (Wildman–Crippen LogP) is 0.567. The van der Waals surface area contributed by atoms with Crippen molar-refractivity contribution in [2.75, 3.05) is 26.3 Å². The first-order valence-electron chi connectivity index (χ1n) is 5.98. The van der Waals surface area contributed by atoms with E-state index in [1.54, 1.807) is 0 Å². The molecule has 1 aromatic carbocycles. The molecule has 1 amide bonds. The number of nitro benzene ring substituents is 1. The Morgan fingerprint density at radius 3 is 3.00 bits per heavy atom. The molecule has 1 aliphatic heterocycles. The van der Waals surface area contributed by atoms with Gasteiger partial charge in [0.1, 0.15) is 0 Å². The molecule has 1 N–H and O–H groups in total. The van der Waals surface area contributed by atoms with E-state index in [2.05, 4.69) is 0 Å². The fourth-order valence-electron chi connectivity index (χ4n) is 1.98. The zero-order chi connectivity index (χ0) is 14.7. The number of hydrogen-bond donors (Lipinski definition) is 1. The smallest absolute Gasteiger partial charge is 0.305 e. The van der Waals surface area contributed by atoms with Crippen LogP contribution in [-0.2, 0) is 4.74 Å². The summed E-state index contributed by atoms with van der Waals surface area (Å²) in [7, 11) is 0. The van der Waals surface area contributed by atoms with Crippen molar-refractivity contribution < 1.29 is 24.0 Å². The maximum atomic E-state index is 13.2. The Bertz CT molecular complexity index is 537. The molecule has 1 heterocycles. The van der Waals surface area contributed by atoms with E-state index in [0.717, 1.165) is 12.1 Å². The van der Waals surface area contributed by atoms with Gasteiger partial charge in [0.2, 0.25) is 5.82 Å². The van der Waals surface area contributed by atoms with Gasteiger partial charge in [0.25, 0.3) is 5.91 Å². The Morgan fingerprint density at radius 1 is 1.60 bits per heavy atom. The predicted molar refractivity (Wildman–Crippen MR) is 65.8 cm³/mol. The highest BCUT2D eigenvalue weighted by Crippen LogP contribution is 2.20. The average molecular weight is 284 g/mol. The normalized spacial score (nSPS) is 18.9. The van der Waals surface area contributed by atoms with Crippen LogP contribution in [0.25, 0.3) is 0 Å². The highest BCUT2D eigenvalue weighted by Gasteiger charge is 2.26. The lowest BCUT2D eigenvalue weighted by Crippen LogP contribution is -2.46. The number of nitrogens with zero attached hydrogens (tertiary/aromatic N) is 2. The van der Waals surface area contributed by atoms with Gasteiger partial charge in [-0.3, -0.25) is 14.9 Å². The molecule has 0 spiro atoms. The molecular formula is C12H13FN2O5. The van der Waals surface area contributed by atoms with E-state index in [-0.39, 0.29) is 25.3 Å². The molecule has 0 saturated carbocycles. The first-order chi connectivity index (χ1) is 9.52. The number of aliphatic hydroxyl groups excluding tert-OH is 1. The quantitative estimate of drug-likeness (QED) is 0.647. The standard InChI is InChI=1S/C12H13FN2O5/c13-10-2-1-8(5-11(10)15(18)19)12(17)14-3-4-20-9(6-14)7-16/h1-2,5,9,16H,3-4,6-7H2. The molecule has 1 unspecified atom stereocenters. The summed E-state index contributed by atoms with van der Waals surface area (Å²) in [5.41, 5.74) is -0.695. The van der Waals surface area contributed by atoms with E-state index in [1.807, 2.05) is 0 Å². The summed E-state index contributed by atoms with van der Waals surface area (Å²) in [4.78, 5) is 23.4. The van der Waals surface area contributed by atoms with Gasteiger partial charge in [-0.25, -0.2) is 0 Å². The van der Waals surface area contributed by atoms with Crippen molar-refractivity contribution in [2.24, 2.45) is 0 Å². The van der Waals surface area contributed by atoms with Gasteiger partial charge in [0.15, 0.2) is 0 Å². The van der Waals surface area contributed by atoms with Gasteiger partial charge < -0.3 is 14.7 Å². The van der Waals surface area contributed by atoms with Crippen LogP contribution in [0.1, 0.15) is 10.4 Å². The number of amides is 1. The van der Waals surface area contributed by atoms with Crippen LogP contribution in [0.15, 0.2) is 18.2 Å². The molecular weight excluding hydrogens is 271 g/mol. The molecule has 8 heteroatoms. The largest absolute Gasteiger partial charge is 0.394 e. The Balaban J connectivity index is 2.20. The second kappa shape index (κ2) is 5.93. The van der Waals surface area contributed by atoms with E-state index < -0.39 is 28.4 Å². The van der Waals surface area contributed by atoms with Crippen LogP contribution >= 0.6 is 0 Å². The summed E-state index contributed by atoms with van der Waals surface area (Å²) in [5.74, 6) is -1.43. The fourth-order valence-corrected chi connectivity index (χ4v) is 1.98. The molecule has 1 fully saturated rings. The highest BCUT2D eigenvalue weighted by atomic mass is 19.1. The van der Waals surface area contributed by atoms with E-state index in [4.69, 9.17) is 9.84 Å². The van der Waals surface area contributed by atoms with Crippen molar-refractivity contribution in [3.8, 4) is 0 Å². The zero-order valence-electron chi connectivity index (χ0n) is 10.5. The van der Waals surface area contributed by atoms with Crippen LogP contribution in [0.4, 0.5) is 10.1 Å². The summed E-state index contributed by atoms with van der Waals surface area (Å²) in [6, 6.07) is 3.02. The number of morpholine rings is 1. The minimum Gasteiger partial charge on any atom is -0.394 e. The molecule has 0 bridgehead atoms. The third-order valence-electron chi connectivity index (χ3n) is 3.02. The SMILES string of the molecule is O=C(c1ccc(F)c([N+](=O)[O-])c1)N1CCOC(CO)C1. The van der Waals surface area contributed by atoms with Gasteiger partial charge in [0.05, 0.1) is 24.2 Å². The molecule has 0 radical (unpaired) electrons. The monoisotopic (exact) mass is 284 g/mol. The van der Waals surface area contributed by atoms with Gasteiger partial charge in [-0.2, -0.15) is 4.39 Å². The van der Waals surface area contributed by atoms with Crippen LogP contribution in [0, 0.1) is 15.9 Å². The summed E-state index contributed by atoms with van der Waals surface area (Å²) in [6.45, 7) is 0.578. The molecule has 20 heavy (non-hydrogen) atoms. The van der Waals surface area contributed by atoms with Crippen molar-refractivity contribution in [1.82, 2.24) is 4.90 Å². The van der Waals surface area contributed by atoms with Crippen LogP contribution in [0.3, 0.4) is 0 Å². The second-order valence-electron chi connectivity index (χ2n) is 4.35. The first kappa shape index (κ1) is 14.4. The second-order valence-corrected chi connectivity index (χ2v) is 4.35. The lowest BCUT2D eigenvalue weighted by atomic mass is 10.1. The third-order valence-corrected chi connectivity index (χ3v) is 3.02. The molecule has 1 atom stereocenters. The fraction of sp³-hybridized carbons (Fsp3) is 0.417. The Morgan fingerprint density at radius 2 is 2.35 bits per heavy atom. The summed E-state index contributed by atoms with van der Waals surface area (Å²) in [6.07, 6.45) is -0.469. The van der Waals surface area contributed by atoms with Gasteiger partial charge in [-0.15, -0.1) is 0 Å². The maximum Gasteiger partial charge on any atom is 0.305 e. The Kier molecular flexibility index (Phi) is 4.26. The molecule has 1 saturated heterocycles. The lowest BCUT2D eigenvalue weighted by Gasteiger charge is -2.32. The average Bonchev–Trinajstić information content (AvgIpc) is 2.46. The molecule has 0 aromatic heterocycles. The number of carbonyl (C=O) groups is 1. The molecule has 1 aliphatic rings. The molecule has 2 rings (SSSR count). The number of hydrogen-bond acceptors (Lipinski definition) is 5. The van der Waals surface area contributed by atoms with Gasteiger partial charge in [-0.1, -0.05) is 0 Å². The van der Waals surface area contributed by atoms with Crippen LogP contribution < -0.4 is 0 Å². The van der Waals surface area contributed by atoms with E-state index in [0.29, 0.717) is 6.54 Å². The van der Waals surface area contributed by atoms with Crippen molar-refractivity contribution >= 4 is 11.6 Å². The summed E-state index contributed by atoms with van der Waals surface area (Å²) >= 11 is 0. The van der Waals surface area contributed by atoms with Crippen LogP contribution in [0.5, 0.6) is 0 Å². The molecule has 0 aliphatic carbocycles. The number of rotatable bonds is 3. The van der Waals surface area contributed by atoms with Crippen LogP contribution in [0.2, 0.25) is 0 Å². The van der Waals surface area contributed by atoms with E-state index in [1.165, 1.54) is 11.0 Å². The maximum absolute atomic E-state index is 13.2. The van der Waals surface area contributed by atoms with Gasteiger partial charge in [0, 0.05) is 24.7 Å². The van der Waals surface area contributed by atoms with Crippen LogP contribution in [-0.4, -0.2) is 53.2 Å². The first-order valence-corrected chi connectivity index (χ1v) is 5.98. The highest BCUT2D eigenvalue weighted by molar-refractivity contribution is 5.95. The number of carbonyl (C=O) groups excluding carboxylic acids is 1. The topological polar surface area (TPSA) is 92.9 Å². The Labute approximate surface area is 113 Å². The number of benzene rings is 1. The number of aliphatic hydroxyl groups is 1. The van der Waals surface area contributed by atoms with Crippen molar-refractivity contribution in [1.29, 1.82) is 0 Å². The summed E-state index contributed by atoms with van der Waals surface area (Å²) in [5, 5.41) is 19.7. The van der Waals surface area contributed by atoms with Gasteiger partial charge >= 0.3 is 5.69 Å². The molecule has 7 nitrogen and oxygen atoms in total. The van der Waals surface area contributed by atoms with E-state index in [9.17, 15) is 19.3 Å². The third kappa shape index (κ3) is 2.91. The number of ether oxygens (including phenoxy) is 1. The minimum atomic E-state index is -0.984. The summed E-state index contributed by atoms with van der Waals surface area (Å²) < 4.78 is 18.4. The van der Waals surface area contributed by atoms with Crippen molar-refractivity contribution in [3.63, 3.8) is 0 Å². The molecule has 1 aromatic rings. The van der Waals surface area contributed by atoms with E-state index >= 15 is 0 Å². The number of halogens is 1.